The molecule has 0 spiro atoms. The Balaban J connectivity index is 2.26. The number of carbonyl (C=O) groups is 1. The number of halogens is 1. The summed E-state index contributed by atoms with van der Waals surface area (Å²) in [6, 6.07) is 5.99. The number of hydrogen-bond donors (Lipinski definition) is 1. The molecule has 4 heteroatoms. The first-order valence-corrected chi connectivity index (χ1v) is 6.32. The standard InChI is InChI=1S/C12H15FO2S/c13-11-4-2-10(3-5-11)8-12(15)9-16-7-1-6-14/h2-5,14H,1,6-9H2. The first-order chi connectivity index (χ1) is 7.72. The van der Waals surface area contributed by atoms with E-state index >= 15 is 0 Å². The number of ketones is 1. The molecular weight excluding hydrogens is 227 g/mol. The summed E-state index contributed by atoms with van der Waals surface area (Å²) in [6.45, 7) is 0.166. The second-order valence-electron chi connectivity index (χ2n) is 3.47. The van der Waals surface area contributed by atoms with Crippen molar-refractivity contribution >= 4 is 17.5 Å². The fourth-order valence-corrected chi connectivity index (χ4v) is 2.04. The van der Waals surface area contributed by atoms with Crippen LogP contribution in [-0.4, -0.2) is 29.0 Å². The van der Waals surface area contributed by atoms with Gasteiger partial charge in [0, 0.05) is 13.0 Å². The predicted octanol–water partition coefficient (Wildman–Crippen LogP) is 2.05. The smallest absolute Gasteiger partial charge is 0.147 e. The molecule has 0 amide bonds. The largest absolute Gasteiger partial charge is 0.396 e. The first kappa shape index (κ1) is 13.2. The van der Waals surface area contributed by atoms with Gasteiger partial charge < -0.3 is 5.11 Å². The zero-order valence-electron chi connectivity index (χ0n) is 8.99. The van der Waals surface area contributed by atoms with Crippen LogP contribution in [0.5, 0.6) is 0 Å². The summed E-state index contributed by atoms with van der Waals surface area (Å²) in [5, 5.41) is 8.56. The number of aliphatic hydroxyl groups is 1. The normalized spacial score (nSPS) is 10.4. The van der Waals surface area contributed by atoms with Gasteiger partial charge >= 0.3 is 0 Å². The predicted molar refractivity (Wildman–Crippen MR) is 64.1 cm³/mol. The van der Waals surface area contributed by atoms with Gasteiger partial charge in [0.2, 0.25) is 0 Å². The second kappa shape index (κ2) is 7.41. The van der Waals surface area contributed by atoms with E-state index in [4.69, 9.17) is 5.11 Å². The molecule has 0 saturated carbocycles. The van der Waals surface area contributed by atoms with E-state index in [1.165, 1.54) is 23.9 Å². The molecule has 1 aromatic rings. The van der Waals surface area contributed by atoms with E-state index < -0.39 is 0 Å². The van der Waals surface area contributed by atoms with E-state index in [0.717, 1.165) is 11.3 Å². The molecule has 1 rings (SSSR count). The van der Waals surface area contributed by atoms with Gasteiger partial charge in [0.05, 0.1) is 5.75 Å². The van der Waals surface area contributed by atoms with Crippen LogP contribution in [0.3, 0.4) is 0 Å². The molecule has 1 N–H and O–H groups in total. The molecule has 0 aromatic heterocycles. The Morgan fingerprint density at radius 3 is 2.62 bits per heavy atom. The third-order valence-electron chi connectivity index (χ3n) is 2.02. The van der Waals surface area contributed by atoms with E-state index in [1.54, 1.807) is 12.1 Å². The van der Waals surface area contributed by atoms with Crippen LogP contribution >= 0.6 is 11.8 Å². The highest BCUT2D eigenvalue weighted by atomic mass is 32.2. The Morgan fingerprint density at radius 2 is 2.00 bits per heavy atom. The molecule has 0 unspecified atom stereocenters. The minimum Gasteiger partial charge on any atom is -0.396 e. The van der Waals surface area contributed by atoms with Gasteiger partial charge in [-0.3, -0.25) is 4.79 Å². The molecule has 88 valence electrons. The van der Waals surface area contributed by atoms with Crippen molar-refractivity contribution < 1.29 is 14.3 Å². The lowest BCUT2D eigenvalue weighted by Crippen LogP contribution is -2.06. The molecule has 0 aliphatic rings. The fraction of sp³-hybridized carbons (Fsp3) is 0.417. The maximum Gasteiger partial charge on any atom is 0.147 e. The van der Waals surface area contributed by atoms with Crippen LogP contribution in [0.2, 0.25) is 0 Å². The van der Waals surface area contributed by atoms with Crippen LogP contribution in [0.4, 0.5) is 4.39 Å². The van der Waals surface area contributed by atoms with Gasteiger partial charge in [0.15, 0.2) is 0 Å². The minimum absolute atomic E-state index is 0.134. The van der Waals surface area contributed by atoms with Crippen LogP contribution in [0, 0.1) is 5.82 Å². The highest BCUT2D eigenvalue weighted by Crippen LogP contribution is 2.07. The average Bonchev–Trinajstić information content (AvgIpc) is 2.28. The molecule has 1 aromatic carbocycles. The molecule has 0 aliphatic heterocycles. The van der Waals surface area contributed by atoms with Crippen molar-refractivity contribution in [2.45, 2.75) is 12.8 Å². The van der Waals surface area contributed by atoms with Gasteiger partial charge in [0.25, 0.3) is 0 Å². The maximum atomic E-state index is 12.6. The van der Waals surface area contributed by atoms with E-state index in [-0.39, 0.29) is 18.2 Å². The van der Waals surface area contributed by atoms with Gasteiger partial charge in [-0.05, 0) is 29.9 Å². The number of thioether (sulfide) groups is 1. The number of rotatable bonds is 7. The molecule has 0 radical (unpaired) electrons. The van der Waals surface area contributed by atoms with Gasteiger partial charge in [-0.15, -0.1) is 0 Å². The average molecular weight is 242 g/mol. The number of Topliss-reactive ketones (excluding diaryl/α,β-unsaturated/α-hetero) is 1. The molecule has 16 heavy (non-hydrogen) atoms. The van der Waals surface area contributed by atoms with Crippen molar-refractivity contribution in [1.29, 1.82) is 0 Å². The molecule has 0 fully saturated rings. The van der Waals surface area contributed by atoms with E-state index in [9.17, 15) is 9.18 Å². The summed E-state index contributed by atoms with van der Waals surface area (Å²) in [6.07, 6.45) is 1.07. The van der Waals surface area contributed by atoms with Crippen LogP contribution in [-0.2, 0) is 11.2 Å². The SMILES string of the molecule is O=C(CSCCCO)Cc1ccc(F)cc1. The monoisotopic (exact) mass is 242 g/mol. The number of carbonyl (C=O) groups excluding carboxylic acids is 1. The van der Waals surface area contributed by atoms with Crippen molar-refractivity contribution in [3.05, 3.63) is 35.6 Å². The Bertz CT molecular complexity index is 324. The van der Waals surface area contributed by atoms with Crippen LogP contribution in [0.1, 0.15) is 12.0 Å². The van der Waals surface area contributed by atoms with E-state index in [1.807, 2.05) is 0 Å². The van der Waals surface area contributed by atoms with E-state index in [0.29, 0.717) is 18.6 Å². The lowest BCUT2D eigenvalue weighted by molar-refractivity contribution is -0.116. The van der Waals surface area contributed by atoms with Gasteiger partial charge in [-0.2, -0.15) is 11.8 Å². The Kier molecular flexibility index (Phi) is 6.11. The van der Waals surface area contributed by atoms with Crippen molar-refractivity contribution in [3.8, 4) is 0 Å². The highest BCUT2D eigenvalue weighted by molar-refractivity contribution is 7.99. The zero-order valence-corrected chi connectivity index (χ0v) is 9.80. The van der Waals surface area contributed by atoms with Gasteiger partial charge in [-0.1, -0.05) is 12.1 Å². The number of aliphatic hydroxyl groups excluding tert-OH is 1. The van der Waals surface area contributed by atoms with Gasteiger partial charge in [0.1, 0.15) is 11.6 Å². The van der Waals surface area contributed by atoms with Crippen molar-refractivity contribution in [2.24, 2.45) is 0 Å². The van der Waals surface area contributed by atoms with Crippen molar-refractivity contribution in [3.63, 3.8) is 0 Å². The summed E-state index contributed by atoms with van der Waals surface area (Å²) >= 11 is 1.52. The Hall–Kier alpha value is -0.870. The van der Waals surface area contributed by atoms with Crippen LogP contribution < -0.4 is 0 Å². The first-order valence-electron chi connectivity index (χ1n) is 5.17. The summed E-state index contributed by atoms with van der Waals surface area (Å²) in [5.41, 5.74) is 0.842. The maximum absolute atomic E-state index is 12.6. The molecule has 0 saturated heterocycles. The summed E-state index contributed by atoms with van der Waals surface area (Å²) in [7, 11) is 0. The third kappa shape index (κ3) is 5.28. The summed E-state index contributed by atoms with van der Waals surface area (Å²) in [5.74, 6) is 1.10. The Labute approximate surface area is 98.9 Å². The van der Waals surface area contributed by atoms with E-state index in [2.05, 4.69) is 0 Å². The zero-order chi connectivity index (χ0) is 11.8. The summed E-state index contributed by atoms with van der Waals surface area (Å²) in [4.78, 5) is 11.5. The molecule has 0 bridgehead atoms. The molecule has 0 aliphatic carbocycles. The number of hydrogen-bond acceptors (Lipinski definition) is 3. The lowest BCUT2D eigenvalue weighted by atomic mass is 10.1. The minimum atomic E-state index is -0.284. The molecular formula is C12H15FO2S. The fourth-order valence-electron chi connectivity index (χ4n) is 1.23. The molecule has 0 atom stereocenters. The van der Waals surface area contributed by atoms with Crippen molar-refractivity contribution in [1.82, 2.24) is 0 Å². The highest BCUT2D eigenvalue weighted by Gasteiger charge is 2.03. The molecule has 2 nitrogen and oxygen atoms in total. The second-order valence-corrected chi connectivity index (χ2v) is 4.58. The van der Waals surface area contributed by atoms with Crippen molar-refractivity contribution in [2.75, 3.05) is 18.1 Å². The van der Waals surface area contributed by atoms with Crippen LogP contribution in [0.25, 0.3) is 0 Å². The third-order valence-corrected chi connectivity index (χ3v) is 3.13. The quantitative estimate of drug-likeness (QED) is 0.744. The number of benzene rings is 1. The summed E-state index contributed by atoms with van der Waals surface area (Å²) < 4.78 is 12.6. The van der Waals surface area contributed by atoms with Crippen LogP contribution in [0.15, 0.2) is 24.3 Å². The topological polar surface area (TPSA) is 37.3 Å². The lowest BCUT2D eigenvalue weighted by Gasteiger charge is -2.01. The Morgan fingerprint density at radius 1 is 1.31 bits per heavy atom. The molecule has 0 heterocycles. The van der Waals surface area contributed by atoms with Gasteiger partial charge in [-0.25, -0.2) is 4.39 Å².